The zero-order valence-corrected chi connectivity index (χ0v) is 21.7. The van der Waals surface area contributed by atoms with E-state index < -0.39 is 16.6 Å². The summed E-state index contributed by atoms with van der Waals surface area (Å²) in [6.07, 6.45) is 1.36. The van der Waals surface area contributed by atoms with Crippen molar-refractivity contribution in [3.63, 3.8) is 0 Å². The Hall–Kier alpha value is -3.82. The first-order valence-electron chi connectivity index (χ1n) is 10.5. The van der Waals surface area contributed by atoms with E-state index in [9.17, 15) is 25.3 Å². The molecule has 0 aliphatic heterocycles. The fraction of sp³-hybridized carbons (Fsp3) is 0.120. The van der Waals surface area contributed by atoms with Crippen molar-refractivity contribution in [2.45, 2.75) is 13.5 Å². The van der Waals surface area contributed by atoms with Crippen LogP contribution in [-0.4, -0.2) is 22.5 Å². The molecule has 0 unspecified atom stereocenters. The number of nitro groups is 1. The number of hydrogen-bond acceptors (Lipinski definition) is 7. The van der Waals surface area contributed by atoms with Crippen LogP contribution in [0.1, 0.15) is 18.1 Å². The summed E-state index contributed by atoms with van der Waals surface area (Å²) in [5, 5.41) is 33.3. The first-order valence-corrected chi connectivity index (χ1v) is 11.9. The average molecular weight is 620 g/mol. The monoisotopic (exact) mass is 619 g/mol. The molecule has 0 atom stereocenters. The minimum absolute atomic E-state index is 0.0698. The van der Waals surface area contributed by atoms with Crippen LogP contribution in [0, 0.1) is 25.0 Å². The van der Waals surface area contributed by atoms with Crippen molar-refractivity contribution < 1.29 is 24.3 Å². The third kappa shape index (κ3) is 6.65. The number of rotatable bonds is 9. The molecule has 36 heavy (non-hydrogen) atoms. The van der Waals surface area contributed by atoms with E-state index in [4.69, 9.17) is 21.1 Å². The van der Waals surface area contributed by atoms with Gasteiger partial charge in [-0.15, -0.1) is 0 Å². The number of non-ortho nitro benzene ring substituents is 1. The van der Waals surface area contributed by atoms with Crippen LogP contribution in [0.15, 0.2) is 60.2 Å². The third-order valence-electron chi connectivity index (χ3n) is 4.78. The summed E-state index contributed by atoms with van der Waals surface area (Å²) in [7, 11) is 0. The predicted octanol–water partition coefficient (Wildman–Crippen LogP) is 6.08. The zero-order valence-electron chi connectivity index (χ0n) is 18.8. The second kappa shape index (κ2) is 12.2. The van der Waals surface area contributed by atoms with Crippen LogP contribution < -0.4 is 14.8 Å². The molecule has 0 aromatic heterocycles. The van der Waals surface area contributed by atoms with Crippen molar-refractivity contribution in [2.24, 2.45) is 0 Å². The maximum absolute atomic E-state index is 12.7. The van der Waals surface area contributed by atoms with E-state index in [1.165, 1.54) is 12.1 Å². The van der Waals surface area contributed by atoms with Crippen molar-refractivity contribution in [1.29, 1.82) is 5.26 Å². The highest BCUT2D eigenvalue weighted by molar-refractivity contribution is 14.1. The van der Waals surface area contributed by atoms with Gasteiger partial charge in [-0.25, -0.2) is 0 Å². The summed E-state index contributed by atoms with van der Waals surface area (Å²) in [6, 6.07) is 15.7. The number of amides is 1. The molecule has 0 spiro atoms. The van der Waals surface area contributed by atoms with E-state index in [2.05, 4.69) is 27.9 Å². The lowest BCUT2D eigenvalue weighted by Gasteiger charge is -2.15. The minimum Gasteiger partial charge on any atom is -0.506 e. The van der Waals surface area contributed by atoms with Gasteiger partial charge in [0.1, 0.15) is 24.0 Å². The molecule has 0 saturated heterocycles. The predicted molar refractivity (Wildman–Crippen MR) is 143 cm³/mol. The van der Waals surface area contributed by atoms with Gasteiger partial charge in [-0.05, 0) is 65.4 Å². The van der Waals surface area contributed by atoms with Crippen LogP contribution in [0.3, 0.4) is 0 Å². The number of aromatic hydroxyl groups is 1. The quantitative estimate of drug-likeness (QED) is 0.0740. The molecule has 1 amide bonds. The number of phenolic OH excluding ortho intramolecular Hbond substituents is 1. The first-order chi connectivity index (χ1) is 17.2. The summed E-state index contributed by atoms with van der Waals surface area (Å²) in [4.78, 5) is 22.8. The molecule has 184 valence electrons. The van der Waals surface area contributed by atoms with Gasteiger partial charge in [0.2, 0.25) is 0 Å². The van der Waals surface area contributed by atoms with Gasteiger partial charge in [0, 0.05) is 16.7 Å². The molecule has 0 bridgehead atoms. The fourth-order valence-corrected chi connectivity index (χ4v) is 4.06. The molecule has 2 N–H and O–H groups in total. The minimum atomic E-state index is -0.798. The number of anilines is 1. The van der Waals surface area contributed by atoms with Crippen molar-refractivity contribution in [1.82, 2.24) is 0 Å². The molecule has 3 aromatic rings. The molecule has 11 heteroatoms. The van der Waals surface area contributed by atoms with Gasteiger partial charge >= 0.3 is 0 Å². The van der Waals surface area contributed by atoms with Crippen LogP contribution in [0.25, 0.3) is 6.08 Å². The lowest BCUT2D eigenvalue weighted by molar-refractivity contribution is -0.384. The van der Waals surface area contributed by atoms with Crippen LogP contribution in [0.2, 0.25) is 5.02 Å². The maximum atomic E-state index is 12.7. The van der Waals surface area contributed by atoms with E-state index >= 15 is 0 Å². The highest BCUT2D eigenvalue weighted by Crippen LogP contribution is 2.36. The molecule has 3 aromatic carbocycles. The number of halogens is 2. The Bertz CT molecular complexity index is 1390. The number of carbonyl (C=O) groups excluding carboxylic acids is 1. The summed E-state index contributed by atoms with van der Waals surface area (Å²) in [5.41, 5.74) is 0.652. The van der Waals surface area contributed by atoms with Gasteiger partial charge in [0.05, 0.1) is 26.9 Å². The Morgan fingerprint density at radius 2 is 2.00 bits per heavy atom. The number of ether oxygens (including phenoxy) is 2. The van der Waals surface area contributed by atoms with Gasteiger partial charge < -0.3 is 19.9 Å². The van der Waals surface area contributed by atoms with E-state index in [0.717, 1.165) is 17.7 Å². The van der Waals surface area contributed by atoms with Crippen molar-refractivity contribution in [3.8, 4) is 23.3 Å². The largest absolute Gasteiger partial charge is 0.506 e. The summed E-state index contributed by atoms with van der Waals surface area (Å²) in [6.45, 7) is 2.39. The van der Waals surface area contributed by atoms with E-state index in [0.29, 0.717) is 32.3 Å². The molecule has 0 aliphatic carbocycles. The summed E-state index contributed by atoms with van der Waals surface area (Å²) in [5.74, 6) is -0.376. The van der Waals surface area contributed by atoms with Gasteiger partial charge in [-0.1, -0.05) is 29.8 Å². The number of nitrogens with one attached hydrogen (secondary N) is 1. The van der Waals surface area contributed by atoms with E-state index in [-0.39, 0.29) is 23.6 Å². The molecule has 0 radical (unpaired) electrons. The molecule has 0 saturated carbocycles. The van der Waals surface area contributed by atoms with E-state index in [1.807, 2.05) is 31.2 Å². The lowest BCUT2D eigenvalue weighted by Crippen LogP contribution is -2.13. The van der Waals surface area contributed by atoms with Gasteiger partial charge in [0.25, 0.3) is 11.6 Å². The van der Waals surface area contributed by atoms with Crippen LogP contribution in [0.4, 0.5) is 11.4 Å². The first kappa shape index (κ1) is 26.8. The molecular weight excluding hydrogens is 601 g/mol. The lowest BCUT2D eigenvalue weighted by atomic mass is 10.1. The third-order valence-corrected chi connectivity index (χ3v) is 5.95. The molecule has 0 aliphatic rings. The SMILES string of the molecule is CCOc1cc(C=C(C#N)C(=O)Nc2ccc([N+](=O)[O-])cc2O)cc(I)c1OCc1ccccc1Cl. The number of phenols is 1. The Morgan fingerprint density at radius 3 is 2.64 bits per heavy atom. The summed E-state index contributed by atoms with van der Waals surface area (Å²) >= 11 is 8.29. The highest BCUT2D eigenvalue weighted by atomic mass is 127. The number of nitriles is 1. The molecule has 0 fully saturated rings. The molecular formula is C25H19ClIN3O6. The van der Waals surface area contributed by atoms with Gasteiger partial charge in [-0.2, -0.15) is 5.26 Å². The Kier molecular flexibility index (Phi) is 9.10. The standard InChI is InChI=1S/C25H19ClIN3O6/c1-2-35-23-11-15(10-20(27)24(23)36-14-16-5-3-4-6-19(16)26)9-17(13-28)25(32)29-21-8-7-18(30(33)34)12-22(21)31/h3-12,31H,2,14H2,1H3,(H,29,32). The number of carbonyl (C=O) groups is 1. The number of nitrogens with zero attached hydrogens (tertiary/aromatic N) is 2. The average Bonchev–Trinajstić information content (AvgIpc) is 2.84. The van der Waals surface area contributed by atoms with Gasteiger partial charge in [0.15, 0.2) is 11.5 Å². The zero-order chi connectivity index (χ0) is 26.2. The Morgan fingerprint density at radius 1 is 1.25 bits per heavy atom. The fourth-order valence-electron chi connectivity index (χ4n) is 3.08. The van der Waals surface area contributed by atoms with Crippen LogP contribution in [0.5, 0.6) is 17.2 Å². The van der Waals surface area contributed by atoms with Crippen molar-refractivity contribution in [3.05, 3.63) is 90.0 Å². The Labute approximate surface area is 225 Å². The second-order valence-electron chi connectivity index (χ2n) is 7.23. The topological polar surface area (TPSA) is 135 Å². The smallest absolute Gasteiger partial charge is 0.273 e. The van der Waals surface area contributed by atoms with E-state index in [1.54, 1.807) is 18.2 Å². The molecule has 9 nitrogen and oxygen atoms in total. The molecule has 3 rings (SSSR count). The highest BCUT2D eigenvalue weighted by Gasteiger charge is 2.17. The van der Waals surface area contributed by atoms with Gasteiger partial charge in [-0.3, -0.25) is 14.9 Å². The number of hydrogen-bond donors (Lipinski definition) is 2. The number of nitro benzene ring substituents is 1. The molecule has 0 heterocycles. The summed E-state index contributed by atoms with van der Waals surface area (Å²) < 4.78 is 12.4. The van der Waals surface area contributed by atoms with Crippen molar-refractivity contribution in [2.75, 3.05) is 11.9 Å². The normalized spacial score (nSPS) is 10.9. The number of benzene rings is 3. The van der Waals surface area contributed by atoms with Crippen LogP contribution >= 0.6 is 34.2 Å². The maximum Gasteiger partial charge on any atom is 0.273 e. The van der Waals surface area contributed by atoms with Crippen molar-refractivity contribution >= 4 is 57.5 Å². The second-order valence-corrected chi connectivity index (χ2v) is 8.79. The van der Waals surface area contributed by atoms with Crippen LogP contribution in [-0.2, 0) is 11.4 Å². The Balaban J connectivity index is 1.86.